The van der Waals surface area contributed by atoms with Crippen molar-refractivity contribution >= 4 is 31.6 Å². The van der Waals surface area contributed by atoms with Gasteiger partial charge in [0.05, 0.1) is 4.90 Å². The van der Waals surface area contributed by atoms with Crippen LogP contribution in [0.4, 0.5) is 0 Å². The second-order valence-electron chi connectivity index (χ2n) is 5.44. The molecule has 1 N–H and O–H groups in total. The fourth-order valence-electron chi connectivity index (χ4n) is 2.48. The third kappa shape index (κ3) is 4.13. The van der Waals surface area contributed by atoms with E-state index < -0.39 is 20.0 Å². The molecule has 23 heavy (non-hydrogen) atoms. The van der Waals surface area contributed by atoms with E-state index >= 15 is 0 Å². The number of benzene rings is 1. The van der Waals surface area contributed by atoms with Crippen molar-refractivity contribution < 1.29 is 16.8 Å². The molecule has 0 spiro atoms. The van der Waals surface area contributed by atoms with E-state index in [1.54, 1.807) is 19.1 Å². The molecule has 1 aliphatic rings. The molecule has 0 saturated carbocycles. The summed E-state index contributed by atoms with van der Waals surface area (Å²) < 4.78 is 51.9. The quantitative estimate of drug-likeness (QED) is 0.816. The molecule has 1 fully saturated rings. The topological polar surface area (TPSA) is 83.6 Å². The zero-order valence-corrected chi connectivity index (χ0v) is 15.1. The molecule has 0 aliphatic carbocycles. The molecule has 1 aliphatic heterocycles. The molecule has 1 unspecified atom stereocenters. The maximum Gasteiger partial charge on any atom is 0.243 e. The Balaban J connectivity index is 2.11. The van der Waals surface area contributed by atoms with Gasteiger partial charge in [0.25, 0.3) is 0 Å². The van der Waals surface area contributed by atoms with Crippen LogP contribution in [0.3, 0.4) is 0 Å². The predicted octanol–water partition coefficient (Wildman–Crippen LogP) is 1.72. The van der Waals surface area contributed by atoms with E-state index in [-0.39, 0.29) is 23.9 Å². The molecular formula is C14H19ClN2O4S2. The van der Waals surface area contributed by atoms with Crippen LogP contribution in [0.1, 0.15) is 12.0 Å². The van der Waals surface area contributed by atoms with Gasteiger partial charge in [0, 0.05) is 30.1 Å². The molecule has 0 aromatic heterocycles. The van der Waals surface area contributed by atoms with Gasteiger partial charge in [-0.25, -0.2) is 21.6 Å². The van der Waals surface area contributed by atoms with Gasteiger partial charge in [-0.3, -0.25) is 0 Å². The van der Waals surface area contributed by atoms with Gasteiger partial charge in [-0.15, -0.1) is 0 Å². The first-order chi connectivity index (χ1) is 10.7. The second-order valence-corrected chi connectivity index (χ2v) is 9.47. The summed E-state index contributed by atoms with van der Waals surface area (Å²) in [5, 5.41) is 1.24. The van der Waals surface area contributed by atoms with Crippen molar-refractivity contribution in [3.63, 3.8) is 0 Å². The Morgan fingerprint density at radius 3 is 2.74 bits per heavy atom. The number of hydrogen-bond acceptors (Lipinski definition) is 4. The minimum absolute atomic E-state index is 0.0704. The number of halogens is 1. The summed E-state index contributed by atoms with van der Waals surface area (Å²) >= 11 is 6.00. The zero-order chi connectivity index (χ0) is 17.3. The molecule has 1 atom stereocenters. The van der Waals surface area contributed by atoms with E-state index in [9.17, 15) is 16.8 Å². The van der Waals surface area contributed by atoms with Gasteiger partial charge in [-0.1, -0.05) is 24.2 Å². The van der Waals surface area contributed by atoms with Crippen LogP contribution < -0.4 is 4.72 Å². The molecular weight excluding hydrogens is 360 g/mol. The second kappa shape index (κ2) is 6.90. The predicted molar refractivity (Wildman–Crippen MR) is 90.2 cm³/mol. The third-order valence-corrected chi connectivity index (χ3v) is 7.30. The molecule has 0 radical (unpaired) electrons. The van der Waals surface area contributed by atoms with E-state index in [0.717, 1.165) is 5.41 Å². The van der Waals surface area contributed by atoms with Gasteiger partial charge < -0.3 is 0 Å². The lowest BCUT2D eigenvalue weighted by molar-refractivity contribution is 0.454. The lowest BCUT2D eigenvalue weighted by Gasteiger charge is -2.18. The molecule has 0 amide bonds. The van der Waals surface area contributed by atoms with Crippen LogP contribution >= 0.6 is 11.6 Å². The number of hydrogen-bond donors (Lipinski definition) is 1. The highest BCUT2D eigenvalue weighted by Gasteiger charge is 2.33. The first-order valence-corrected chi connectivity index (χ1v) is 10.4. The van der Waals surface area contributed by atoms with E-state index in [1.807, 2.05) is 0 Å². The molecule has 1 aromatic rings. The zero-order valence-electron chi connectivity index (χ0n) is 12.7. The first-order valence-electron chi connectivity index (χ1n) is 7.05. The lowest BCUT2D eigenvalue weighted by atomic mass is 10.1. The fraction of sp³-hybridized carbons (Fsp3) is 0.429. The Morgan fingerprint density at radius 1 is 1.39 bits per heavy atom. The van der Waals surface area contributed by atoms with Crippen molar-refractivity contribution in [3.05, 3.63) is 40.8 Å². The van der Waals surface area contributed by atoms with Gasteiger partial charge in [-0.05, 0) is 37.0 Å². The van der Waals surface area contributed by atoms with E-state index in [0.29, 0.717) is 23.6 Å². The van der Waals surface area contributed by atoms with Crippen molar-refractivity contribution in [3.8, 4) is 0 Å². The van der Waals surface area contributed by atoms with Gasteiger partial charge >= 0.3 is 0 Å². The van der Waals surface area contributed by atoms with Crippen LogP contribution in [0.25, 0.3) is 0 Å². The molecule has 1 aromatic carbocycles. The fourth-order valence-corrected chi connectivity index (χ4v) is 5.08. The van der Waals surface area contributed by atoms with E-state index in [2.05, 4.69) is 11.3 Å². The highest BCUT2D eigenvalue weighted by molar-refractivity contribution is 7.92. The average molecular weight is 379 g/mol. The van der Waals surface area contributed by atoms with Gasteiger partial charge in [0.15, 0.2) is 0 Å². The molecule has 6 nitrogen and oxygen atoms in total. The summed E-state index contributed by atoms with van der Waals surface area (Å²) in [6, 6.07) is 4.78. The number of nitrogens with one attached hydrogen (secondary N) is 1. The Kier molecular flexibility index (Phi) is 5.52. The number of nitrogens with zero attached hydrogens (tertiary/aromatic N) is 1. The van der Waals surface area contributed by atoms with Gasteiger partial charge in [0.2, 0.25) is 20.0 Å². The van der Waals surface area contributed by atoms with Crippen molar-refractivity contribution in [2.45, 2.75) is 18.2 Å². The van der Waals surface area contributed by atoms with Crippen LogP contribution in [0.15, 0.2) is 35.1 Å². The standard InChI is InChI=1S/C14H19ClN2O4S2/c1-3-22(18,19)16-9-12-7-8-17(10-12)23(20,21)14-6-4-5-13(15)11(14)2/h3-6,12,16H,1,7-10H2,2H3. The monoisotopic (exact) mass is 378 g/mol. The molecule has 0 bridgehead atoms. The Labute approximate surface area is 142 Å². The van der Waals surface area contributed by atoms with Crippen LogP contribution in [-0.2, 0) is 20.0 Å². The van der Waals surface area contributed by atoms with E-state index in [1.165, 1.54) is 10.4 Å². The highest BCUT2D eigenvalue weighted by Crippen LogP contribution is 2.29. The summed E-state index contributed by atoms with van der Waals surface area (Å²) in [7, 11) is -7.13. The van der Waals surface area contributed by atoms with Gasteiger partial charge in [0.1, 0.15) is 0 Å². The highest BCUT2D eigenvalue weighted by atomic mass is 35.5. The Bertz CT molecular complexity index is 806. The summed E-state index contributed by atoms with van der Waals surface area (Å²) in [5.41, 5.74) is 0.518. The third-order valence-electron chi connectivity index (χ3n) is 3.88. The van der Waals surface area contributed by atoms with Crippen molar-refractivity contribution in [1.29, 1.82) is 0 Å². The molecule has 9 heteroatoms. The molecule has 1 heterocycles. The molecule has 1 saturated heterocycles. The first kappa shape index (κ1) is 18.4. The van der Waals surface area contributed by atoms with Crippen LogP contribution in [-0.4, -0.2) is 40.8 Å². The summed E-state index contributed by atoms with van der Waals surface area (Å²) in [6.45, 7) is 5.70. The van der Waals surface area contributed by atoms with Crippen molar-refractivity contribution in [2.24, 2.45) is 5.92 Å². The van der Waals surface area contributed by atoms with Crippen LogP contribution in [0.5, 0.6) is 0 Å². The van der Waals surface area contributed by atoms with E-state index in [4.69, 9.17) is 11.6 Å². The largest absolute Gasteiger partial charge is 0.243 e. The maximum atomic E-state index is 12.7. The SMILES string of the molecule is C=CS(=O)(=O)NCC1CCN(S(=O)(=O)c2cccc(Cl)c2C)C1. The summed E-state index contributed by atoms with van der Waals surface area (Å²) in [5.74, 6) is -0.0704. The maximum absolute atomic E-state index is 12.7. The lowest BCUT2D eigenvalue weighted by Crippen LogP contribution is -2.32. The van der Waals surface area contributed by atoms with Crippen LogP contribution in [0.2, 0.25) is 5.02 Å². The molecule has 2 rings (SSSR count). The van der Waals surface area contributed by atoms with Crippen molar-refractivity contribution in [2.75, 3.05) is 19.6 Å². The minimum Gasteiger partial charge on any atom is -0.211 e. The van der Waals surface area contributed by atoms with Crippen molar-refractivity contribution in [1.82, 2.24) is 9.03 Å². The average Bonchev–Trinajstić information content (AvgIpc) is 2.98. The smallest absolute Gasteiger partial charge is 0.211 e. The summed E-state index contributed by atoms with van der Waals surface area (Å²) in [6.07, 6.45) is 0.596. The molecule has 128 valence electrons. The summed E-state index contributed by atoms with van der Waals surface area (Å²) in [4.78, 5) is 0.192. The van der Waals surface area contributed by atoms with Gasteiger partial charge in [-0.2, -0.15) is 4.31 Å². The Morgan fingerprint density at radius 2 is 2.09 bits per heavy atom. The van der Waals surface area contributed by atoms with Crippen LogP contribution in [0, 0.1) is 12.8 Å². The number of sulfonamides is 2. The number of rotatable bonds is 6. The normalized spacial score (nSPS) is 19.8. The minimum atomic E-state index is -3.63. The Hall–Kier alpha value is -0.930.